The van der Waals surface area contributed by atoms with Gasteiger partial charge in [0.2, 0.25) is 5.91 Å². The molecular formula is C24H31ClN2O4. The molecule has 0 bridgehead atoms. The first-order chi connectivity index (χ1) is 14.8. The SMILES string of the molecule is CCCCOc1c(Cl)cc(C(=O)NCC(=O)Nc2c(C)cc(C)cc2C)cc1OCC. The van der Waals surface area contributed by atoms with Crippen LogP contribution >= 0.6 is 11.6 Å². The third-order valence-corrected chi connectivity index (χ3v) is 4.95. The molecule has 6 nitrogen and oxygen atoms in total. The summed E-state index contributed by atoms with van der Waals surface area (Å²) >= 11 is 6.35. The van der Waals surface area contributed by atoms with E-state index >= 15 is 0 Å². The van der Waals surface area contributed by atoms with E-state index in [0.717, 1.165) is 35.2 Å². The highest BCUT2D eigenvalue weighted by atomic mass is 35.5. The normalized spacial score (nSPS) is 10.5. The number of benzene rings is 2. The molecule has 0 aliphatic heterocycles. The van der Waals surface area contributed by atoms with Gasteiger partial charge in [-0.1, -0.05) is 42.6 Å². The second-order valence-electron chi connectivity index (χ2n) is 7.42. The standard InChI is InChI=1S/C24H31ClN2O4/c1-6-8-9-31-23-19(25)12-18(13-20(23)30-7-2)24(29)26-14-21(28)27-22-16(4)10-15(3)11-17(22)5/h10-13H,6-9,14H2,1-5H3,(H,26,29)(H,27,28). The van der Waals surface area contributed by atoms with Crippen LogP contribution in [0.2, 0.25) is 5.02 Å². The summed E-state index contributed by atoms with van der Waals surface area (Å²) in [5.74, 6) is 0.109. The zero-order chi connectivity index (χ0) is 23.0. The summed E-state index contributed by atoms with van der Waals surface area (Å²) in [6.45, 7) is 10.6. The van der Waals surface area contributed by atoms with Gasteiger partial charge in [0.25, 0.3) is 5.91 Å². The summed E-state index contributed by atoms with van der Waals surface area (Å²) in [5, 5.41) is 5.79. The molecule has 0 aliphatic rings. The van der Waals surface area contributed by atoms with Gasteiger partial charge in [0.1, 0.15) is 0 Å². The molecule has 2 N–H and O–H groups in total. The largest absolute Gasteiger partial charge is 0.490 e. The lowest BCUT2D eigenvalue weighted by Gasteiger charge is -2.15. The van der Waals surface area contributed by atoms with E-state index in [0.29, 0.717) is 35.3 Å². The van der Waals surface area contributed by atoms with Crippen LogP contribution in [0.25, 0.3) is 0 Å². The topological polar surface area (TPSA) is 76.7 Å². The van der Waals surface area contributed by atoms with Crippen molar-refractivity contribution in [2.45, 2.75) is 47.5 Å². The highest BCUT2D eigenvalue weighted by molar-refractivity contribution is 6.32. The molecule has 2 aromatic carbocycles. The second kappa shape index (κ2) is 11.6. The number of ether oxygens (including phenoxy) is 2. The lowest BCUT2D eigenvalue weighted by molar-refractivity contribution is -0.115. The average molecular weight is 447 g/mol. The summed E-state index contributed by atoms with van der Waals surface area (Å²) < 4.78 is 11.3. The van der Waals surface area contributed by atoms with Gasteiger partial charge in [0.15, 0.2) is 11.5 Å². The van der Waals surface area contributed by atoms with Crippen molar-refractivity contribution in [2.24, 2.45) is 0 Å². The molecule has 0 unspecified atom stereocenters. The number of rotatable bonds is 10. The Bertz CT molecular complexity index is 920. The summed E-state index contributed by atoms with van der Waals surface area (Å²) in [6, 6.07) is 7.11. The minimum absolute atomic E-state index is 0.165. The number of nitrogens with one attached hydrogen (secondary N) is 2. The molecule has 2 amide bonds. The van der Waals surface area contributed by atoms with Gasteiger partial charge in [-0.25, -0.2) is 0 Å². The maximum atomic E-state index is 12.6. The van der Waals surface area contributed by atoms with Gasteiger partial charge in [0, 0.05) is 11.3 Å². The Kier molecular flexibility index (Phi) is 9.19. The van der Waals surface area contributed by atoms with E-state index in [1.807, 2.05) is 39.8 Å². The van der Waals surface area contributed by atoms with Gasteiger partial charge in [-0.3, -0.25) is 9.59 Å². The summed E-state index contributed by atoms with van der Waals surface area (Å²) in [6.07, 6.45) is 1.88. The van der Waals surface area contributed by atoms with Gasteiger partial charge in [0.05, 0.1) is 24.8 Å². The van der Waals surface area contributed by atoms with Crippen molar-refractivity contribution in [1.29, 1.82) is 0 Å². The Labute approximate surface area is 189 Å². The first-order valence-corrected chi connectivity index (χ1v) is 10.9. The fourth-order valence-electron chi connectivity index (χ4n) is 3.24. The van der Waals surface area contributed by atoms with Gasteiger partial charge in [-0.2, -0.15) is 0 Å². The van der Waals surface area contributed by atoms with Crippen LogP contribution in [0.15, 0.2) is 24.3 Å². The molecule has 7 heteroatoms. The smallest absolute Gasteiger partial charge is 0.251 e. The molecule has 0 saturated heterocycles. The lowest BCUT2D eigenvalue weighted by Crippen LogP contribution is -2.33. The van der Waals surface area contributed by atoms with Crippen molar-refractivity contribution in [2.75, 3.05) is 25.1 Å². The molecule has 0 aliphatic carbocycles. The Morgan fingerprint density at radius 2 is 1.68 bits per heavy atom. The second-order valence-corrected chi connectivity index (χ2v) is 7.83. The first kappa shape index (κ1) is 24.5. The van der Waals surface area contributed by atoms with E-state index in [1.54, 1.807) is 6.07 Å². The zero-order valence-corrected chi connectivity index (χ0v) is 19.6. The van der Waals surface area contributed by atoms with E-state index in [1.165, 1.54) is 6.07 Å². The molecule has 2 rings (SSSR count). The Morgan fingerprint density at radius 3 is 2.29 bits per heavy atom. The predicted octanol–water partition coefficient (Wildman–Crippen LogP) is 5.21. The van der Waals surface area contributed by atoms with Crippen LogP contribution in [0.4, 0.5) is 5.69 Å². The number of amides is 2. The van der Waals surface area contributed by atoms with Crippen molar-refractivity contribution < 1.29 is 19.1 Å². The van der Waals surface area contributed by atoms with Crippen molar-refractivity contribution in [3.05, 3.63) is 51.5 Å². The molecule has 2 aromatic rings. The van der Waals surface area contributed by atoms with Crippen LogP contribution in [-0.4, -0.2) is 31.6 Å². The molecule has 0 radical (unpaired) electrons. The average Bonchev–Trinajstić information content (AvgIpc) is 2.70. The van der Waals surface area contributed by atoms with Gasteiger partial charge in [-0.15, -0.1) is 0 Å². The number of hydrogen-bond donors (Lipinski definition) is 2. The molecule has 0 fully saturated rings. The number of carbonyl (C=O) groups is 2. The van der Waals surface area contributed by atoms with Crippen molar-refractivity contribution in [3.63, 3.8) is 0 Å². The highest BCUT2D eigenvalue weighted by Crippen LogP contribution is 2.37. The molecule has 168 valence electrons. The summed E-state index contributed by atoms with van der Waals surface area (Å²) in [7, 11) is 0. The molecule has 0 spiro atoms. The minimum Gasteiger partial charge on any atom is -0.490 e. The number of carbonyl (C=O) groups excluding carboxylic acids is 2. The van der Waals surface area contributed by atoms with Crippen LogP contribution < -0.4 is 20.1 Å². The van der Waals surface area contributed by atoms with Crippen molar-refractivity contribution in [3.8, 4) is 11.5 Å². The van der Waals surface area contributed by atoms with Crippen LogP contribution in [0.1, 0.15) is 53.7 Å². The molecule has 0 aromatic heterocycles. The third-order valence-electron chi connectivity index (χ3n) is 4.67. The predicted molar refractivity (Wildman–Crippen MR) is 125 cm³/mol. The summed E-state index contributed by atoms with van der Waals surface area (Å²) in [5.41, 5.74) is 4.14. The van der Waals surface area contributed by atoms with Crippen LogP contribution in [0.5, 0.6) is 11.5 Å². The molecule has 0 heterocycles. The van der Waals surface area contributed by atoms with Crippen molar-refractivity contribution in [1.82, 2.24) is 5.32 Å². The maximum absolute atomic E-state index is 12.6. The quantitative estimate of drug-likeness (QED) is 0.491. The Hall–Kier alpha value is -2.73. The molecule has 0 saturated carbocycles. The zero-order valence-electron chi connectivity index (χ0n) is 18.9. The minimum atomic E-state index is -0.421. The van der Waals surface area contributed by atoms with Gasteiger partial charge in [-0.05, 0) is 57.4 Å². The number of hydrogen-bond acceptors (Lipinski definition) is 4. The number of anilines is 1. The third kappa shape index (κ3) is 6.89. The number of aryl methyl sites for hydroxylation is 3. The fourth-order valence-corrected chi connectivity index (χ4v) is 3.51. The van der Waals surface area contributed by atoms with E-state index in [4.69, 9.17) is 21.1 Å². The monoisotopic (exact) mass is 446 g/mol. The van der Waals surface area contributed by atoms with Crippen LogP contribution in [-0.2, 0) is 4.79 Å². The lowest BCUT2D eigenvalue weighted by atomic mass is 10.1. The van der Waals surface area contributed by atoms with Crippen LogP contribution in [0.3, 0.4) is 0 Å². The Balaban J connectivity index is 2.07. The van der Waals surface area contributed by atoms with E-state index < -0.39 is 5.91 Å². The van der Waals surface area contributed by atoms with Crippen molar-refractivity contribution >= 4 is 29.1 Å². The maximum Gasteiger partial charge on any atom is 0.251 e. The fraction of sp³-hybridized carbons (Fsp3) is 0.417. The first-order valence-electron chi connectivity index (χ1n) is 10.5. The highest BCUT2D eigenvalue weighted by Gasteiger charge is 2.17. The van der Waals surface area contributed by atoms with Gasteiger partial charge >= 0.3 is 0 Å². The van der Waals surface area contributed by atoms with Gasteiger partial charge < -0.3 is 20.1 Å². The Morgan fingerprint density at radius 1 is 1.00 bits per heavy atom. The van der Waals surface area contributed by atoms with E-state index in [-0.39, 0.29) is 12.5 Å². The molecular weight excluding hydrogens is 416 g/mol. The molecule has 0 atom stereocenters. The van der Waals surface area contributed by atoms with E-state index in [2.05, 4.69) is 17.6 Å². The van der Waals surface area contributed by atoms with E-state index in [9.17, 15) is 9.59 Å². The number of halogens is 1. The number of unbranched alkanes of at least 4 members (excludes halogenated alkanes) is 1. The summed E-state index contributed by atoms with van der Waals surface area (Å²) in [4.78, 5) is 25.0. The van der Waals surface area contributed by atoms with Crippen LogP contribution in [0, 0.1) is 20.8 Å². The molecule has 31 heavy (non-hydrogen) atoms.